The molecule has 8 heteroatoms. The van der Waals surface area contributed by atoms with E-state index in [1.54, 1.807) is 4.90 Å². The topological polar surface area (TPSA) is 83.8 Å². The van der Waals surface area contributed by atoms with Crippen molar-refractivity contribution >= 4 is 28.9 Å². The number of aryl methyl sites for hydroxylation is 2. The Balaban J connectivity index is 1.60. The summed E-state index contributed by atoms with van der Waals surface area (Å²) in [6.07, 6.45) is 2.62. The van der Waals surface area contributed by atoms with Crippen LogP contribution in [0.5, 0.6) is 0 Å². The second-order valence-electron chi connectivity index (χ2n) is 7.67. The maximum Gasteiger partial charge on any atom is 0.306 e. The maximum absolute atomic E-state index is 13.7. The van der Waals surface area contributed by atoms with Crippen LogP contribution in [-0.4, -0.2) is 29.8 Å². The van der Waals surface area contributed by atoms with Gasteiger partial charge in [0, 0.05) is 31.3 Å². The Morgan fingerprint density at radius 2 is 2.10 bits per heavy atom. The summed E-state index contributed by atoms with van der Waals surface area (Å²) in [5.41, 5.74) is 2.75. The number of nitro benzene ring substituents is 1. The molecule has 2 aliphatic rings. The van der Waals surface area contributed by atoms with E-state index < -0.39 is 22.3 Å². The zero-order valence-electron chi connectivity index (χ0n) is 16.6. The van der Waals surface area contributed by atoms with E-state index in [0.717, 1.165) is 48.2 Å². The maximum atomic E-state index is 13.7. The molecule has 2 amide bonds. The largest absolute Gasteiger partial charge is 0.312 e. The average Bonchev–Trinajstić information content (AvgIpc) is 3.14. The first-order valence-corrected chi connectivity index (χ1v) is 10.1. The molecule has 2 heterocycles. The number of carbonyl (C=O) groups is 2. The van der Waals surface area contributed by atoms with Crippen LogP contribution in [-0.2, 0) is 22.4 Å². The van der Waals surface area contributed by atoms with Crippen molar-refractivity contribution in [3.8, 4) is 0 Å². The van der Waals surface area contributed by atoms with Gasteiger partial charge in [-0.3, -0.25) is 19.7 Å². The zero-order valence-corrected chi connectivity index (χ0v) is 16.6. The minimum atomic E-state index is -0.958. The van der Waals surface area contributed by atoms with Gasteiger partial charge in [-0.1, -0.05) is 25.1 Å². The molecular formula is C22H22FN3O4. The van der Waals surface area contributed by atoms with Crippen molar-refractivity contribution < 1.29 is 18.9 Å². The van der Waals surface area contributed by atoms with Crippen LogP contribution in [0.3, 0.4) is 0 Å². The predicted octanol–water partition coefficient (Wildman–Crippen LogP) is 3.63. The van der Waals surface area contributed by atoms with Crippen molar-refractivity contribution in [2.45, 2.75) is 32.6 Å². The summed E-state index contributed by atoms with van der Waals surface area (Å²) in [5.74, 6) is -1.91. The number of anilines is 2. The summed E-state index contributed by atoms with van der Waals surface area (Å²) in [6.45, 7) is 2.78. The van der Waals surface area contributed by atoms with Gasteiger partial charge >= 0.3 is 5.69 Å². The lowest BCUT2D eigenvalue weighted by molar-refractivity contribution is -0.387. The molecule has 4 rings (SSSR count). The van der Waals surface area contributed by atoms with E-state index >= 15 is 0 Å². The lowest BCUT2D eigenvalue weighted by atomic mass is 9.95. The van der Waals surface area contributed by atoms with Gasteiger partial charge < -0.3 is 9.80 Å². The van der Waals surface area contributed by atoms with Gasteiger partial charge in [-0.25, -0.2) is 0 Å². The van der Waals surface area contributed by atoms with Crippen LogP contribution in [0.15, 0.2) is 36.4 Å². The number of benzene rings is 2. The fourth-order valence-electron chi connectivity index (χ4n) is 4.39. The fraction of sp³-hybridized carbons (Fsp3) is 0.364. The standard InChI is InChI=1S/C22H22FN3O4/c1-2-14-5-3-6-15-7-4-10-24(21(14)15)22(28)16-11-20(27)25(13-16)17-8-9-18(23)19(12-17)26(29)30/h3,5-6,8-9,12,16H,2,4,7,10-11,13H2,1H3. The molecule has 7 nitrogen and oxygen atoms in total. The van der Waals surface area contributed by atoms with Gasteiger partial charge in [0.2, 0.25) is 17.6 Å². The van der Waals surface area contributed by atoms with Gasteiger partial charge in [0.15, 0.2) is 0 Å². The van der Waals surface area contributed by atoms with Crippen LogP contribution in [0.1, 0.15) is 30.9 Å². The molecule has 1 unspecified atom stereocenters. The van der Waals surface area contributed by atoms with Gasteiger partial charge in [-0.2, -0.15) is 4.39 Å². The first-order chi connectivity index (χ1) is 14.4. The second kappa shape index (κ2) is 7.85. The number of rotatable bonds is 4. The number of hydrogen-bond donors (Lipinski definition) is 0. The highest BCUT2D eigenvalue weighted by atomic mass is 19.1. The molecule has 2 aromatic rings. The SMILES string of the molecule is CCc1cccc2c1N(C(=O)C1CC(=O)N(c3ccc(F)c([N+](=O)[O-])c3)C1)CCC2. The van der Waals surface area contributed by atoms with Crippen LogP contribution >= 0.6 is 0 Å². The lowest BCUT2D eigenvalue weighted by Crippen LogP contribution is -2.41. The van der Waals surface area contributed by atoms with E-state index in [9.17, 15) is 24.1 Å². The number of fused-ring (bicyclic) bond motifs is 1. The summed E-state index contributed by atoms with van der Waals surface area (Å²) >= 11 is 0. The number of carbonyl (C=O) groups excluding carboxylic acids is 2. The normalized spacial score (nSPS) is 18.5. The molecule has 0 radical (unpaired) electrons. The molecule has 0 N–H and O–H groups in total. The second-order valence-corrected chi connectivity index (χ2v) is 7.67. The zero-order chi connectivity index (χ0) is 21.4. The van der Waals surface area contributed by atoms with Gasteiger partial charge in [0.05, 0.1) is 16.5 Å². The number of para-hydroxylation sites is 1. The van der Waals surface area contributed by atoms with E-state index in [2.05, 4.69) is 6.92 Å². The molecule has 156 valence electrons. The third-order valence-corrected chi connectivity index (χ3v) is 5.86. The predicted molar refractivity (Wildman–Crippen MR) is 110 cm³/mol. The molecule has 2 aliphatic heterocycles. The number of amides is 2. The molecule has 0 spiro atoms. The Hall–Kier alpha value is -3.29. The summed E-state index contributed by atoms with van der Waals surface area (Å²) in [7, 11) is 0. The third-order valence-electron chi connectivity index (χ3n) is 5.86. The molecule has 0 aliphatic carbocycles. The quantitative estimate of drug-likeness (QED) is 0.568. The molecular weight excluding hydrogens is 389 g/mol. The first kappa shape index (κ1) is 20.0. The number of hydrogen-bond acceptors (Lipinski definition) is 4. The van der Waals surface area contributed by atoms with E-state index in [1.165, 1.54) is 11.0 Å². The molecule has 0 aromatic heterocycles. The van der Waals surface area contributed by atoms with E-state index in [4.69, 9.17) is 0 Å². The van der Waals surface area contributed by atoms with Crippen LogP contribution in [0.25, 0.3) is 0 Å². The highest BCUT2D eigenvalue weighted by Crippen LogP contribution is 2.35. The first-order valence-electron chi connectivity index (χ1n) is 10.1. The minimum absolute atomic E-state index is 0.0319. The summed E-state index contributed by atoms with van der Waals surface area (Å²) in [4.78, 5) is 39.3. The van der Waals surface area contributed by atoms with Crippen molar-refractivity contribution in [1.29, 1.82) is 0 Å². The molecule has 0 saturated carbocycles. The van der Waals surface area contributed by atoms with Gasteiger partial charge in [-0.05, 0) is 42.5 Å². The van der Waals surface area contributed by atoms with Crippen molar-refractivity contribution in [2.75, 3.05) is 22.9 Å². The number of nitrogens with zero attached hydrogens (tertiary/aromatic N) is 3. The Labute approximate surface area is 173 Å². The van der Waals surface area contributed by atoms with Crippen LogP contribution in [0.2, 0.25) is 0 Å². The minimum Gasteiger partial charge on any atom is -0.312 e. The van der Waals surface area contributed by atoms with Crippen LogP contribution in [0.4, 0.5) is 21.5 Å². The highest BCUT2D eigenvalue weighted by molar-refractivity contribution is 6.05. The third kappa shape index (κ3) is 3.42. The van der Waals surface area contributed by atoms with E-state index in [1.807, 2.05) is 18.2 Å². The van der Waals surface area contributed by atoms with Gasteiger partial charge in [-0.15, -0.1) is 0 Å². The number of halogens is 1. The molecule has 30 heavy (non-hydrogen) atoms. The summed E-state index contributed by atoms with van der Waals surface area (Å²) < 4.78 is 13.7. The summed E-state index contributed by atoms with van der Waals surface area (Å²) in [6, 6.07) is 9.42. The average molecular weight is 411 g/mol. The van der Waals surface area contributed by atoms with Crippen molar-refractivity contribution in [3.05, 3.63) is 63.5 Å². The Morgan fingerprint density at radius 1 is 1.30 bits per heavy atom. The molecule has 1 atom stereocenters. The number of nitro groups is 1. The van der Waals surface area contributed by atoms with Crippen LogP contribution < -0.4 is 9.80 Å². The van der Waals surface area contributed by atoms with Crippen molar-refractivity contribution in [3.63, 3.8) is 0 Å². The van der Waals surface area contributed by atoms with Crippen LogP contribution in [0, 0.1) is 21.8 Å². The fourth-order valence-corrected chi connectivity index (χ4v) is 4.39. The highest BCUT2D eigenvalue weighted by Gasteiger charge is 2.39. The Bertz CT molecular complexity index is 1020. The van der Waals surface area contributed by atoms with E-state index in [0.29, 0.717) is 6.54 Å². The smallest absolute Gasteiger partial charge is 0.306 e. The monoisotopic (exact) mass is 411 g/mol. The molecule has 2 aromatic carbocycles. The Morgan fingerprint density at radius 3 is 2.83 bits per heavy atom. The molecule has 0 bridgehead atoms. The summed E-state index contributed by atoms with van der Waals surface area (Å²) in [5, 5.41) is 11.0. The van der Waals surface area contributed by atoms with Crippen molar-refractivity contribution in [1.82, 2.24) is 0 Å². The van der Waals surface area contributed by atoms with Gasteiger partial charge in [0.1, 0.15) is 0 Å². The Kier molecular flexibility index (Phi) is 5.24. The molecule has 1 fully saturated rings. The molecule has 1 saturated heterocycles. The lowest BCUT2D eigenvalue weighted by Gasteiger charge is -2.33. The van der Waals surface area contributed by atoms with Gasteiger partial charge in [0.25, 0.3) is 0 Å². The van der Waals surface area contributed by atoms with E-state index in [-0.39, 0.29) is 30.5 Å². The van der Waals surface area contributed by atoms with Crippen molar-refractivity contribution in [2.24, 2.45) is 5.92 Å².